The lowest BCUT2D eigenvalue weighted by molar-refractivity contribution is 0.572. The Kier molecular flexibility index (Phi) is 1.35. The molecule has 60 valence electrons. The van der Waals surface area contributed by atoms with Gasteiger partial charge in [-0.3, -0.25) is 5.10 Å². The zero-order valence-electron chi connectivity index (χ0n) is 6.30. The van der Waals surface area contributed by atoms with Gasteiger partial charge in [0.2, 0.25) is 0 Å². The minimum atomic E-state index is 0.266. The summed E-state index contributed by atoms with van der Waals surface area (Å²) in [6.07, 6.45) is 2.90. The van der Waals surface area contributed by atoms with E-state index in [2.05, 4.69) is 10.2 Å². The van der Waals surface area contributed by atoms with Crippen LogP contribution in [-0.4, -0.2) is 16.2 Å². The van der Waals surface area contributed by atoms with Crippen LogP contribution < -0.4 is 11.5 Å². The van der Waals surface area contributed by atoms with E-state index >= 15 is 0 Å². The number of nitrogens with one attached hydrogen (secondary N) is 1. The Bertz CT molecular complexity index is 265. The fourth-order valence-electron chi connectivity index (χ4n) is 1.55. The first-order chi connectivity index (χ1) is 5.27. The van der Waals surface area contributed by atoms with Crippen molar-refractivity contribution in [3.05, 3.63) is 11.3 Å². The number of nitrogens with zero attached hydrogens (tertiary/aromatic N) is 1. The average molecular weight is 152 g/mol. The maximum absolute atomic E-state index is 5.78. The average Bonchev–Trinajstić information content (AvgIpc) is 2.33. The molecule has 0 amide bonds. The summed E-state index contributed by atoms with van der Waals surface area (Å²) < 4.78 is 0. The highest BCUT2D eigenvalue weighted by atomic mass is 15.2. The van der Waals surface area contributed by atoms with E-state index in [0.717, 1.165) is 24.8 Å². The zero-order valence-corrected chi connectivity index (χ0v) is 6.30. The van der Waals surface area contributed by atoms with Crippen LogP contribution >= 0.6 is 0 Å². The molecule has 4 heteroatoms. The molecule has 0 radical (unpaired) electrons. The van der Waals surface area contributed by atoms with Gasteiger partial charge in [-0.25, -0.2) is 0 Å². The van der Waals surface area contributed by atoms with E-state index in [1.165, 1.54) is 5.69 Å². The number of aryl methyl sites for hydroxylation is 1. The largest absolute Gasteiger partial charge is 0.382 e. The highest BCUT2D eigenvalue weighted by molar-refractivity contribution is 5.43. The maximum Gasteiger partial charge on any atom is 0.148 e. The second-order valence-electron chi connectivity index (χ2n) is 3.07. The van der Waals surface area contributed by atoms with Crippen molar-refractivity contribution in [3.63, 3.8) is 0 Å². The Morgan fingerprint density at radius 1 is 1.55 bits per heavy atom. The van der Waals surface area contributed by atoms with Crippen molar-refractivity contribution in [2.75, 3.05) is 5.73 Å². The Morgan fingerprint density at radius 2 is 2.36 bits per heavy atom. The predicted molar refractivity (Wildman–Crippen MR) is 43.0 cm³/mol. The second-order valence-corrected chi connectivity index (χ2v) is 3.07. The number of nitrogen functional groups attached to an aromatic ring is 1. The lowest BCUT2D eigenvalue weighted by atomic mass is 9.94. The molecule has 0 bridgehead atoms. The van der Waals surface area contributed by atoms with E-state index in [4.69, 9.17) is 11.5 Å². The van der Waals surface area contributed by atoms with Crippen LogP contribution in [0.4, 0.5) is 5.82 Å². The van der Waals surface area contributed by atoms with E-state index < -0.39 is 0 Å². The lowest BCUT2D eigenvalue weighted by Crippen LogP contribution is -2.27. The van der Waals surface area contributed by atoms with Crippen molar-refractivity contribution in [1.82, 2.24) is 10.2 Å². The minimum absolute atomic E-state index is 0.266. The van der Waals surface area contributed by atoms with Gasteiger partial charge in [0.15, 0.2) is 0 Å². The molecule has 0 aliphatic heterocycles. The van der Waals surface area contributed by atoms with E-state index in [1.807, 2.05) is 0 Å². The summed E-state index contributed by atoms with van der Waals surface area (Å²) in [7, 11) is 0. The summed E-state index contributed by atoms with van der Waals surface area (Å²) in [5.74, 6) is 0.621. The molecule has 11 heavy (non-hydrogen) atoms. The van der Waals surface area contributed by atoms with Gasteiger partial charge in [0, 0.05) is 17.3 Å². The molecule has 0 saturated carbocycles. The Labute approximate surface area is 65.0 Å². The van der Waals surface area contributed by atoms with E-state index in [0.29, 0.717) is 5.82 Å². The van der Waals surface area contributed by atoms with E-state index in [-0.39, 0.29) is 6.04 Å². The number of rotatable bonds is 0. The molecular weight excluding hydrogens is 140 g/mol. The molecule has 1 aliphatic carbocycles. The Morgan fingerprint density at radius 3 is 3.18 bits per heavy atom. The molecule has 0 fully saturated rings. The van der Waals surface area contributed by atoms with E-state index in [1.54, 1.807) is 0 Å². The number of hydrogen-bond acceptors (Lipinski definition) is 3. The maximum atomic E-state index is 5.78. The van der Waals surface area contributed by atoms with Gasteiger partial charge >= 0.3 is 0 Å². The van der Waals surface area contributed by atoms with Gasteiger partial charge in [-0.05, 0) is 19.3 Å². The SMILES string of the molecule is Nc1n[nH]c2c1CC(N)CC2. The molecular formula is C7H12N4. The number of nitrogens with two attached hydrogens (primary N) is 2. The number of H-pyrrole nitrogens is 1. The smallest absolute Gasteiger partial charge is 0.148 e. The van der Waals surface area contributed by atoms with Crippen LogP contribution in [-0.2, 0) is 12.8 Å². The summed E-state index contributed by atoms with van der Waals surface area (Å²) in [4.78, 5) is 0. The fraction of sp³-hybridized carbons (Fsp3) is 0.571. The second kappa shape index (κ2) is 2.23. The molecule has 1 aromatic heterocycles. The Hall–Kier alpha value is -1.03. The van der Waals surface area contributed by atoms with Crippen LogP contribution in [0.2, 0.25) is 0 Å². The van der Waals surface area contributed by atoms with E-state index in [9.17, 15) is 0 Å². The van der Waals surface area contributed by atoms with Crippen molar-refractivity contribution >= 4 is 5.82 Å². The first-order valence-electron chi connectivity index (χ1n) is 3.84. The van der Waals surface area contributed by atoms with Gasteiger partial charge in [-0.1, -0.05) is 0 Å². The third kappa shape index (κ3) is 0.991. The summed E-state index contributed by atoms with van der Waals surface area (Å²) >= 11 is 0. The Balaban J connectivity index is 2.37. The molecule has 1 aliphatic rings. The third-order valence-corrected chi connectivity index (χ3v) is 2.22. The summed E-state index contributed by atoms with van der Waals surface area (Å²) in [6, 6.07) is 0.266. The molecule has 1 unspecified atom stereocenters. The molecule has 2 rings (SSSR count). The van der Waals surface area contributed by atoms with Crippen molar-refractivity contribution in [2.24, 2.45) is 5.73 Å². The van der Waals surface area contributed by atoms with Crippen LogP contribution in [0.3, 0.4) is 0 Å². The number of anilines is 1. The van der Waals surface area contributed by atoms with Crippen molar-refractivity contribution < 1.29 is 0 Å². The van der Waals surface area contributed by atoms with Crippen LogP contribution in [0, 0.1) is 0 Å². The van der Waals surface area contributed by atoms with Gasteiger partial charge < -0.3 is 11.5 Å². The molecule has 0 aromatic carbocycles. The summed E-state index contributed by atoms with van der Waals surface area (Å²) in [5.41, 5.74) is 13.7. The van der Waals surface area contributed by atoms with Gasteiger partial charge in [0.1, 0.15) is 5.82 Å². The monoisotopic (exact) mass is 152 g/mol. The molecule has 1 heterocycles. The first-order valence-corrected chi connectivity index (χ1v) is 3.84. The highest BCUT2D eigenvalue weighted by Gasteiger charge is 2.19. The van der Waals surface area contributed by atoms with Gasteiger partial charge in [0.05, 0.1) is 0 Å². The van der Waals surface area contributed by atoms with Crippen LogP contribution in [0.25, 0.3) is 0 Å². The van der Waals surface area contributed by atoms with Gasteiger partial charge in [-0.2, -0.15) is 5.10 Å². The lowest BCUT2D eigenvalue weighted by Gasteiger charge is -2.17. The fourth-order valence-corrected chi connectivity index (χ4v) is 1.55. The molecule has 1 aromatic rings. The van der Waals surface area contributed by atoms with Crippen LogP contribution in [0.15, 0.2) is 0 Å². The topological polar surface area (TPSA) is 80.7 Å². The summed E-state index contributed by atoms with van der Waals surface area (Å²) in [5, 5.41) is 6.85. The molecule has 4 nitrogen and oxygen atoms in total. The standard InChI is InChI=1S/C7H12N4/c8-4-1-2-6-5(3-4)7(9)11-10-6/h4H,1-3,8H2,(H3,9,10,11). The normalized spacial score (nSPS) is 23.2. The molecule has 0 spiro atoms. The number of fused-ring (bicyclic) bond motifs is 1. The molecule has 5 N–H and O–H groups in total. The number of aromatic amines is 1. The van der Waals surface area contributed by atoms with Gasteiger partial charge in [0.25, 0.3) is 0 Å². The highest BCUT2D eigenvalue weighted by Crippen LogP contribution is 2.22. The quantitative estimate of drug-likeness (QED) is 0.482. The zero-order chi connectivity index (χ0) is 7.84. The van der Waals surface area contributed by atoms with Crippen molar-refractivity contribution in [3.8, 4) is 0 Å². The number of hydrogen-bond donors (Lipinski definition) is 3. The van der Waals surface area contributed by atoms with Crippen molar-refractivity contribution in [2.45, 2.75) is 25.3 Å². The van der Waals surface area contributed by atoms with Gasteiger partial charge in [-0.15, -0.1) is 0 Å². The third-order valence-electron chi connectivity index (χ3n) is 2.22. The molecule has 0 saturated heterocycles. The summed E-state index contributed by atoms with van der Waals surface area (Å²) in [6.45, 7) is 0. The minimum Gasteiger partial charge on any atom is -0.382 e. The van der Waals surface area contributed by atoms with Crippen molar-refractivity contribution in [1.29, 1.82) is 0 Å². The van der Waals surface area contributed by atoms with Crippen LogP contribution in [0.1, 0.15) is 17.7 Å². The predicted octanol–water partition coefficient (Wildman–Crippen LogP) is -0.192. The molecule has 1 atom stereocenters. The number of aromatic nitrogens is 2. The first kappa shape index (κ1) is 6.67. The van der Waals surface area contributed by atoms with Crippen LogP contribution in [0.5, 0.6) is 0 Å².